The van der Waals surface area contributed by atoms with Gasteiger partial charge in [-0.3, -0.25) is 22.7 Å². The number of allylic oxidation sites excluding steroid dienone is 2. The number of aliphatic imine (C=N–C) groups is 1. The SMILES string of the molecule is CCC1=C(C)/C(=C/c2c(C)c(CCCCCCCCCCCOP(=O)(O)OCC[N+](C)(C)C)cn2B(F)F)N=C1C. The van der Waals surface area contributed by atoms with Crippen LogP contribution < -0.4 is 0 Å². The smallest absolute Gasteiger partial charge is 0.332 e. The Bertz CT molecular complexity index is 1130. The maximum atomic E-state index is 13.9. The van der Waals surface area contributed by atoms with Crippen LogP contribution in [0.5, 0.6) is 0 Å². The van der Waals surface area contributed by atoms with Crippen molar-refractivity contribution in [3.8, 4) is 0 Å². The number of unbranched alkanes of at least 4 members (excludes halogenated alkanes) is 8. The molecule has 1 aromatic rings. The minimum atomic E-state index is -3.96. The maximum absolute atomic E-state index is 13.9. The zero-order valence-electron chi connectivity index (χ0n) is 26.3. The Morgan fingerprint density at radius 1 is 0.976 bits per heavy atom. The van der Waals surface area contributed by atoms with Gasteiger partial charge in [0.15, 0.2) is 0 Å². The lowest BCUT2D eigenvalue weighted by Crippen LogP contribution is -2.37. The molecule has 0 amide bonds. The molecular formula is C30H52BF2N3O4P+. The fraction of sp³-hybridized carbons (Fsp3) is 0.700. The van der Waals surface area contributed by atoms with Crippen LogP contribution in [0.4, 0.5) is 8.63 Å². The van der Waals surface area contributed by atoms with E-state index in [9.17, 15) is 18.1 Å². The fourth-order valence-electron chi connectivity index (χ4n) is 5.14. The molecule has 2 rings (SSSR count). The van der Waals surface area contributed by atoms with Crippen molar-refractivity contribution in [1.29, 1.82) is 0 Å². The van der Waals surface area contributed by atoms with Crippen LogP contribution in [0.1, 0.15) is 102 Å². The van der Waals surface area contributed by atoms with E-state index < -0.39 is 15.2 Å². The monoisotopic (exact) mass is 598 g/mol. The molecule has 0 aromatic carbocycles. The van der Waals surface area contributed by atoms with Gasteiger partial charge in [-0.05, 0) is 81.0 Å². The zero-order valence-corrected chi connectivity index (χ0v) is 27.2. The molecule has 0 radical (unpaired) electrons. The van der Waals surface area contributed by atoms with Crippen LogP contribution in [0.15, 0.2) is 28.0 Å². The normalized spacial score (nSPS) is 16.5. The quantitative estimate of drug-likeness (QED) is 0.0715. The summed E-state index contributed by atoms with van der Waals surface area (Å²) in [6.07, 6.45) is 14.5. The number of aromatic nitrogens is 1. The summed E-state index contributed by atoms with van der Waals surface area (Å²) in [6, 6.07) is 0. The molecule has 1 unspecified atom stereocenters. The van der Waals surface area contributed by atoms with E-state index in [1.54, 1.807) is 6.20 Å². The molecule has 0 aliphatic carbocycles. The van der Waals surface area contributed by atoms with E-state index in [1.807, 2.05) is 48.0 Å². The van der Waals surface area contributed by atoms with E-state index in [1.165, 1.54) is 5.57 Å². The topological polar surface area (TPSA) is 73.1 Å². The number of halogens is 2. The van der Waals surface area contributed by atoms with Crippen molar-refractivity contribution in [3.05, 3.63) is 39.9 Å². The second-order valence-electron chi connectivity index (χ2n) is 12.1. The van der Waals surface area contributed by atoms with Gasteiger partial charge in [-0.2, -0.15) is 0 Å². The van der Waals surface area contributed by atoms with Gasteiger partial charge in [-0.15, -0.1) is 0 Å². The third-order valence-corrected chi connectivity index (χ3v) is 8.72. The zero-order chi connectivity index (χ0) is 30.6. The number of phosphoric ester groups is 1. The molecule has 41 heavy (non-hydrogen) atoms. The molecule has 0 fully saturated rings. The van der Waals surface area contributed by atoms with Crippen LogP contribution in [-0.4, -0.2) is 67.9 Å². The molecule has 11 heteroatoms. The third-order valence-electron chi connectivity index (χ3n) is 7.70. The lowest BCUT2D eigenvalue weighted by atomic mass is 10.0. The predicted molar refractivity (Wildman–Crippen MR) is 166 cm³/mol. The highest BCUT2D eigenvalue weighted by atomic mass is 31.2. The van der Waals surface area contributed by atoms with Crippen molar-refractivity contribution in [2.24, 2.45) is 4.99 Å². The number of likely N-dealkylation sites (N-methyl/N-ethyl adjacent to an activating group) is 1. The van der Waals surface area contributed by atoms with Crippen molar-refractivity contribution in [3.63, 3.8) is 0 Å². The van der Waals surface area contributed by atoms with Crippen molar-refractivity contribution in [2.45, 2.75) is 98.3 Å². The van der Waals surface area contributed by atoms with Crippen LogP contribution in [0, 0.1) is 6.92 Å². The molecule has 1 aliphatic heterocycles. The first-order chi connectivity index (χ1) is 19.3. The molecule has 7 nitrogen and oxygen atoms in total. The minimum Gasteiger partial charge on any atom is -0.332 e. The largest absolute Gasteiger partial charge is 0.677 e. The molecule has 232 valence electrons. The standard InChI is InChI=1S/C30H51BF2N3O4P/c1-8-28-25(3)29(34-26(28)4)22-30-24(2)27(23-35(30)31(32)33)18-16-14-12-10-9-11-13-15-17-20-39-41(37,38)40-21-19-36(5,6)7/h22-23H,8-21H2,1-7H3/p+1/b29-22-. The van der Waals surface area contributed by atoms with Crippen molar-refractivity contribution in [1.82, 2.24) is 4.48 Å². The van der Waals surface area contributed by atoms with Crippen LogP contribution in [0.25, 0.3) is 6.08 Å². The molecule has 2 heterocycles. The Morgan fingerprint density at radius 2 is 1.54 bits per heavy atom. The van der Waals surface area contributed by atoms with E-state index in [0.717, 1.165) is 103 Å². The van der Waals surface area contributed by atoms with E-state index >= 15 is 0 Å². The Labute approximate surface area is 247 Å². The summed E-state index contributed by atoms with van der Waals surface area (Å²) in [4.78, 5) is 14.4. The molecule has 1 atom stereocenters. The van der Waals surface area contributed by atoms with E-state index in [4.69, 9.17) is 9.05 Å². The summed E-state index contributed by atoms with van der Waals surface area (Å²) in [5.41, 5.74) is 6.50. The highest BCUT2D eigenvalue weighted by Crippen LogP contribution is 2.43. The molecule has 1 N–H and O–H groups in total. The Morgan fingerprint density at radius 3 is 2.07 bits per heavy atom. The third kappa shape index (κ3) is 12.3. The second-order valence-corrected chi connectivity index (χ2v) is 13.6. The van der Waals surface area contributed by atoms with Crippen molar-refractivity contribution >= 4 is 27.0 Å². The molecular weight excluding hydrogens is 546 g/mol. The molecule has 0 spiro atoms. The molecule has 1 aromatic heterocycles. The van der Waals surface area contributed by atoms with E-state index in [2.05, 4.69) is 11.9 Å². The number of rotatable bonds is 20. The highest BCUT2D eigenvalue weighted by Gasteiger charge is 2.25. The Balaban J connectivity index is 1.64. The van der Waals surface area contributed by atoms with Crippen LogP contribution in [0.2, 0.25) is 0 Å². The molecule has 0 bridgehead atoms. The first-order valence-electron chi connectivity index (χ1n) is 15.1. The van der Waals surface area contributed by atoms with E-state index in [-0.39, 0.29) is 13.2 Å². The Kier molecular flexibility index (Phi) is 14.7. The number of nitrogens with zero attached hydrogens (tertiary/aromatic N) is 3. The number of quaternary nitrogens is 1. The molecule has 0 saturated heterocycles. The number of hydrogen-bond acceptors (Lipinski definition) is 4. The van der Waals surface area contributed by atoms with Gasteiger partial charge in [0, 0.05) is 11.4 Å². The van der Waals surface area contributed by atoms with Gasteiger partial charge < -0.3 is 13.9 Å². The maximum Gasteiger partial charge on any atom is 0.677 e. The van der Waals surface area contributed by atoms with Gasteiger partial charge in [-0.25, -0.2) is 4.57 Å². The van der Waals surface area contributed by atoms with Crippen molar-refractivity contribution < 1.29 is 31.6 Å². The van der Waals surface area contributed by atoms with E-state index in [0.29, 0.717) is 16.7 Å². The summed E-state index contributed by atoms with van der Waals surface area (Å²) >= 11 is 0. The first kappa shape index (κ1) is 35.6. The lowest BCUT2D eigenvalue weighted by Gasteiger charge is -2.24. The fourth-order valence-corrected chi connectivity index (χ4v) is 5.89. The van der Waals surface area contributed by atoms with Gasteiger partial charge in [0.05, 0.1) is 33.4 Å². The van der Waals surface area contributed by atoms with Crippen LogP contribution in [0.3, 0.4) is 0 Å². The van der Waals surface area contributed by atoms with Gasteiger partial charge in [0.25, 0.3) is 0 Å². The minimum absolute atomic E-state index is 0.186. The number of phosphoric acid groups is 1. The van der Waals surface area contributed by atoms with Gasteiger partial charge in [-0.1, -0.05) is 51.9 Å². The van der Waals surface area contributed by atoms with Crippen molar-refractivity contribution in [2.75, 3.05) is 40.9 Å². The van der Waals surface area contributed by atoms with Gasteiger partial charge >= 0.3 is 15.2 Å². The summed E-state index contributed by atoms with van der Waals surface area (Å²) in [5.74, 6) is 0. The highest BCUT2D eigenvalue weighted by molar-refractivity contribution is 7.47. The van der Waals surface area contributed by atoms with Crippen LogP contribution in [-0.2, 0) is 20.0 Å². The second kappa shape index (κ2) is 16.9. The average Bonchev–Trinajstić information content (AvgIpc) is 3.33. The summed E-state index contributed by atoms with van der Waals surface area (Å²) in [7, 11) is -0.565. The Hall–Kier alpha value is -1.58. The first-order valence-corrected chi connectivity index (χ1v) is 16.6. The number of hydrogen-bond donors (Lipinski definition) is 1. The van der Waals surface area contributed by atoms with Gasteiger partial charge in [0.1, 0.15) is 13.2 Å². The molecule has 0 saturated carbocycles. The average molecular weight is 599 g/mol. The predicted octanol–water partition coefficient (Wildman–Crippen LogP) is 8.00. The van der Waals surface area contributed by atoms with Crippen LogP contribution >= 0.6 is 7.82 Å². The summed E-state index contributed by atoms with van der Waals surface area (Å²) < 4.78 is 51.4. The molecule has 1 aliphatic rings. The van der Waals surface area contributed by atoms with Gasteiger partial charge in [0.2, 0.25) is 0 Å². The summed E-state index contributed by atoms with van der Waals surface area (Å²) in [6.45, 7) is 9.08. The summed E-state index contributed by atoms with van der Waals surface area (Å²) in [5, 5.41) is 0. The lowest BCUT2D eigenvalue weighted by molar-refractivity contribution is -0.870. The number of aryl methyl sites for hydroxylation is 1.